The number of aliphatic hydroxyl groups excluding tert-OH is 1. The smallest absolute Gasteiger partial charge is 0.254 e. The number of aliphatic hydroxyl groups is 1. The number of amides is 1. The maximum absolute atomic E-state index is 14.9. The molecule has 0 saturated heterocycles. The Morgan fingerprint density at radius 1 is 1.11 bits per heavy atom. The molecule has 0 radical (unpaired) electrons. The third-order valence-electron chi connectivity index (χ3n) is 6.45. The number of nitrogens with one attached hydrogen (secondary N) is 1. The zero-order chi connectivity index (χ0) is 24.8. The van der Waals surface area contributed by atoms with E-state index >= 15 is 0 Å². The summed E-state index contributed by atoms with van der Waals surface area (Å²) in [6.07, 6.45) is 0.668. The van der Waals surface area contributed by atoms with Gasteiger partial charge in [-0.15, -0.1) is 0 Å². The summed E-state index contributed by atoms with van der Waals surface area (Å²) >= 11 is 0. The lowest BCUT2D eigenvalue weighted by molar-refractivity contribution is 0.0854. The highest BCUT2D eigenvalue weighted by Crippen LogP contribution is 2.33. The number of benzene rings is 3. The standard InChI is InChI=1S/C29H33FN2O3/c1-3-35-15-7-14-32(2)19-20-10-11-23-18-27(33)28(25(23)16-20)31-29(34)24-13-12-22(17-26(24)30)21-8-5-4-6-9-21/h4-6,8-13,16-17,27-28,33H,3,7,14-15,18-19H2,1-2H3,(H,31,34)/t27-,28-/m1/s1. The van der Waals surface area contributed by atoms with Crippen LogP contribution < -0.4 is 5.32 Å². The van der Waals surface area contributed by atoms with Crippen molar-refractivity contribution in [1.29, 1.82) is 0 Å². The van der Waals surface area contributed by atoms with Gasteiger partial charge in [0.1, 0.15) is 5.82 Å². The molecule has 0 bridgehead atoms. The lowest BCUT2D eigenvalue weighted by Gasteiger charge is -2.20. The number of nitrogens with zero attached hydrogens (tertiary/aromatic N) is 1. The highest BCUT2D eigenvalue weighted by molar-refractivity contribution is 5.95. The molecule has 0 fully saturated rings. The van der Waals surface area contributed by atoms with Gasteiger partial charge in [0.15, 0.2) is 0 Å². The Hall–Kier alpha value is -3.06. The molecular formula is C29H33FN2O3. The van der Waals surface area contributed by atoms with Crippen LogP contribution in [0.5, 0.6) is 0 Å². The molecule has 35 heavy (non-hydrogen) atoms. The number of carbonyl (C=O) groups excluding carboxylic acids is 1. The van der Waals surface area contributed by atoms with Crippen molar-refractivity contribution < 1.29 is 19.0 Å². The Balaban J connectivity index is 1.45. The molecule has 0 spiro atoms. The molecule has 0 saturated carbocycles. The van der Waals surface area contributed by atoms with Gasteiger partial charge in [-0.3, -0.25) is 4.79 Å². The Labute approximate surface area is 206 Å². The first-order valence-corrected chi connectivity index (χ1v) is 12.2. The van der Waals surface area contributed by atoms with Gasteiger partial charge < -0.3 is 20.1 Å². The van der Waals surface area contributed by atoms with Crippen LogP contribution in [0.25, 0.3) is 11.1 Å². The third-order valence-corrected chi connectivity index (χ3v) is 6.45. The number of hydrogen-bond donors (Lipinski definition) is 2. The number of ether oxygens (including phenoxy) is 1. The maximum Gasteiger partial charge on any atom is 0.254 e. The molecule has 1 amide bonds. The molecular weight excluding hydrogens is 443 g/mol. The summed E-state index contributed by atoms with van der Waals surface area (Å²) < 4.78 is 20.3. The molecule has 3 aromatic carbocycles. The van der Waals surface area contributed by atoms with Crippen LogP contribution in [0, 0.1) is 5.82 Å². The van der Waals surface area contributed by atoms with Gasteiger partial charge in [0, 0.05) is 32.7 Å². The topological polar surface area (TPSA) is 61.8 Å². The van der Waals surface area contributed by atoms with E-state index < -0.39 is 23.9 Å². The van der Waals surface area contributed by atoms with Gasteiger partial charge in [0.25, 0.3) is 5.91 Å². The first-order valence-electron chi connectivity index (χ1n) is 12.2. The molecule has 184 valence electrons. The quantitative estimate of drug-likeness (QED) is 0.415. The predicted octanol–water partition coefficient (Wildman–Crippen LogP) is 4.74. The van der Waals surface area contributed by atoms with Crippen LogP contribution in [0.2, 0.25) is 0 Å². The maximum atomic E-state index is 14.9. The molecule has 0 heterocycles. The number of rotatable bonds is 10. The summed E-state index contributed by atoms with van der Waals surface area (Å²) in [6.45, 7) is 5.13. The first kappa shape index (κ1) is 25.0. The molecule has 4 rings (SSSR count). The van der Waals surface area contributed by atoms with E-state index in [-0.39, 0.29) is 5.56 Å². The van der Waals surface area contributed by atoms with Gasteiger partial charge in [0.05, 0.1) is 17.7 Å². The van der Waals surface area contributed by atoms with Crippen molar-refractivity contribution in [1.82, 2.24) is 10.2 Å². The minimum absolute atomic E-state index is 0.0319. The minimum Gasteiger partial charge on any atom is -0.390 e. The normalized spacial score (nSPS) is 16.9. The fourth-order valence-electron chi connectivity index (χ4n) is 4.64. The molecule has 0 aromatic heterocycles. The number of carbonyl (C=O) groups is 1. The average Bonchev–Trinajstić information content (AvgIpc) is 3.16. The zero-order valence-corrected chi connectivity index (χ0v) is 20.3. The van der Waals surface area contributed by atoms with Crippen molar-refractivity contribution in [2.45, 2.75) is 38.5 Å². The lowest BCUT2D eigenvalue weighted by atomic mass is 10.0. The zero-order valence-electron chi connectivity index (χ0n) is 20.3. The van der Waals surface area contributed by atoms with E-state index in [0.29, 0.717) is 12.0 Å². The van der Waals surface area contributed by atoms with Crippen molar-refractivity contribution in [2.24, 2.45) is 0 Å². The van der Waals surface area contributed by atoms with Crippen molar-refractivity contribution in [2.75, 3.05) is 26.8 Å². The highest BCUT2D eigenvalue weighted by atomic mass is 19.1. The molecule has 6 heteroatoms. The molecule has 3 aromatic rings. The second-order valence-corrected chi connectivity index (χ2v) is 9.10. The average molecular weight is 477 g/mol. The molecule has 0 aliphatic heterocycles. The number of halogens is 1. The first-order chi connectivity index (χ1) is 17.0. The minimum atomic E-state index is -0.750. The second kappa shape index (κ2) is 11.6. The lowest BCUT2D eigenvalue weighted by Crippen LogP contribution is -2.34. The Bertz CT molecular complexity index is 1150. The third kappa shape index (κ3) is 6.14. The van der Waals surface area contributed by atoms with Gasteiger partial charge in [-0.1, -0.05) is 54.6 Å². The Morgan fingerprint density at radius 2 is 1.91 bits per heavy atom. The number of hydrogen-bond acceptors (Lipinski definition) is 4. The van der Waals surface area contributed by atoms with Crippen molar-refractivity contribution in [3.63, 3.8) is 0 Å². The van der Waals surface area contributed by atoms with Gasteiger partial charge in [0.2, 0.25) is 0 Å². The van der Waals surface area contributed by atoms with E-state index in [1.165, 1.54) is 12.1 Å². The van der Waals surface area contributed by atoms with Crippen LogP contribution in [0.3, 0.4) is 0 Å². The van der Waals surface area contributed by atoms with Crippen LogP contribution >= 0.6 is 0 Å². The fourth-order valence-corrected chi connectivity index (χ4v) is 4.64. The summed E-state index contributed by atoms with van der Waals surface area (Å²) in [7, 11) is 2.06. The summed E-state index contributed by atoms with van der Waals surface area (Å²) in [6, 6.07) is 19.6. The summed E-state index contributed by atoms with van der Waals surface area (Å²) in [4.78, 5) is 15.2. The van der Waals surface area contributed by atoms with Gasteiger partial charge in [-0.25, -0.2) is 4.39 Å². The molecule has 2 N–H and O–H groups in total. The van der Waals surface area contributed by atoms with Crippen molar-refractivity contribution in [3.8, 4) is 11.1 Å². The van der Waals surface area contributed by atoms with E-state index in [0.717, 1.165) is 55.0 Å². The van der Waals surface area contributed by atoms with Crippen LogP contribution in [0.1, 0.15) is 46.4 Å². The SMILES string of the molecule is CCOCCCN(C)Cc1ccc2c(c1)[C@@H](NC(=O)c1ccc(-c3ccccc3)cc1F)[C@H](O)C2. The fraction of sp³-hybridized carbons (Fsp3) is 0.345. The summed E-state index contributed by atoms with van der Waals surface area (Å²) in [5.41, 5.74) is 4.57. The number of fused-ring (bicyclic) bond motifs is 1. The van der Waals surface area contributed by atoms with Crippen LogP contribution in [-0.2, 0) is 17.7 Å². The van der Waals surface area contributed by atoms with Crippen LogP contribution in [0.4, 0.5) is 4.39 Å². The molecule has 2 atom stereocenters. The van der Waals surface area contributed by atoms with Gasteiger partial charge >= 0.3 is 0 Å². The molecule has 1 aliphatic rings. The summed E-state index contributed by atoms with van der Waals surface area (Å²) in [5, 5.41) is 13.5. The second-order valence-electron chi connectivity index (χ2n) is 9.10. The van der Waals surface area contributed by atoms with Crippen molar-refractivity contribution in [3.05, 3.63) is 94.8 Å². The van der Waals surface area contributed by atoms with Gasteiger partial charge in [-0.05, 0) is 60.3 Å². The van der Waals surface area contributed by atoms with E-state index in [2.05, 4.69) is 23.3 Å². The Kier molecular flexibility index (Phi) is 8.29. The monoisotopic (exact) mass is 476 g/mol. The summed E-state index contributed by atoms with van der Waals surface area (Å²) in [5.74, 6) is -1.11. The molecule has 5 nitrogen and oxygen atoms in total. The highest BCUT2D eigenvalue weighted by Gasteiger charge is 2.33. The van der Waals surface area contributed by atoms with Crippen LogP contribution in [-0.4, -0.2) is 48.8 Å². The Morgan fingerprint density at radius 3 is 2.66 bits per heavy atom. The van der Waals surface area contributed by atoms with E-state index in [1.54, 1.807) is 6.07 Å². The predicted molar refractivity (Wildman–Crippen MR) is 136 cm³/mol. The molecule has 0 unspecified atom stereocenters. The van der Waals surface area contributed by atoms with E-state index in [9.17, 15) is 14.3 Å². The largest absolute Gasteiger partial charge is 0.390 e. The van der Waals surface area contributed by atoms with Crippen LogP contribution in [0.15, 0.2) is 66.7 Å². The van der Waals surface area contributed by atoms with E-state index in [4.69, 9.17) is 4.74 Å². The molecule has 1 aliphatic carbocycles. The van der Waals surface area contributed by atoms with E-state index in [1.807, 2.05) is 49.4 Å². The van der Waals surface area contributed by atoms with Gasteiger partial charge in [-0.2, -0.15) is 0 Å². The van der Waals surface area contributed by atoms with Crippen molar-refractivity contribution >= 4 is 5.91 Å².